The average Bonchev–Trinajstić information content (AvgIpc) is 3.16. The normalized spacial score (nSPS) is 15.8. The smallest absolute Gasteiger partial charge is 0.227 e. The van der Waals surface area contributed by atoms with Crippen molar-refractivity contribution in [2.75, 3.05) is 31.1 Å². The van der Waals surface area contributed by atoms with E-state index >= 15 is 0 Å². The molecule has 5 rings (SSSR count). The number of nitrogens with one attached hydrogen (secondary N) is 2. The highest BCUT2D eigenvalue weighted by Gasteiger charge is 2.36. The van der Waals surface area contributed by atoms with Crippen molar-refractivity contribution in [1.29, 1.82) is 0 Å². The van der Waals surface area contributed by atoms with Crippen molar-refractivity contribution < 1.29 is 9.69 Å². The molecule has 3 aromatic carbocycles. The zero-order valence-corrected chi connectivity index (χ0v) is 17.8. The molecule has 1 aromatic heterocycles. The number of H-pyrrole nitrogens is 1. The molecular weight excluding hydrogens is 382 g/mol. The first-order valence-electron chi connectivity index (χ1n) is 11.0. The van der Waals surface area contributed by atoms with Gasteiger partial charge in [0, 0.05) is 27.8 Å². The fraction of sp³-hybridized carbons (Fsp3) is 0.222. The van der Waals surface area contributed by atoms with Crippen molar-refractivity contribution >= 4 is 22.4 Å². The fourth-order valence-corrected chi connectivity index (χ4v) is 4.94. The second-order valence-corrected chi connectivity index (χ2v) is 8.36. The second kappa shape index (κ2) is 8.40. The van der Waals surface area contributed by atoms with E-state index in [0.29, 0.717) is 0 Å². The van der Waals surface area contributed by atoms with Gasteiger partial charge in [-0.25, -0.2) is 0 Å². The van der Waals surface area contributed by atoms with E-state index in [4.69, 9.17) is 0 Å². The van der Waals surface area contributed by atoms with E-state index in [-0.39, 0.29) is 11.8 Å². The minimum atomic E-state index is -0.197. The van der Waals surface area contributed by atoms with Gasteiger partial charge in [-0.15, -0.1) is 0 Å². The zero-order valence-electron chi connectivity index (χ0n) is 17.8. The maximum absolute atomic E-state index is 14.0. The van der Waals surface area contributed by atoms with Crippen LogP contribution in [-0.2, 0) is 0 Å². The molecule has 4 aromatic rings. The molecule has 156 valence electrons. The number of fused-ring (bicyclic) bond motifs is 1. The van der Waals surface area contributed by atoms with Gasteiger partial charge in [0.15, 0.2) is 6.04 Å². The Balaban J connectivity index is 1.47. The van der Waals surface area contributed by atoms with E-state index in [1.807, 2.05) is 43.3 Å². The Morgan fingerprint density at radius 3 is 2.19 bits per heavy atom. The number of hydrogen-bond donors (Lipinski definition) is 2. The molecular formula is C27H28N3O+. The molecule has 31 heavy (non-hydrogen) atoms. The SMILES string of the molecule is Cc1[nH]c2ccccc2c1C(=O)[C@H](c1ccccc1)[NH+]1CCN(c2ccccc2)CC1. The lowest BCUT2D eigenvalue weighted by Gasteiger charge is -2.37. The number of aromatic amines is 1. The number of nitrogens with zero attached hydrogens (tertiary/aromatic N) is 1. The summed E-state index contributed by atoms with van der Waals surface area (Å²) in [7, 11) is 0. The van der Waals surface area contributed by atoms with Crippen molar-refractivity contribution in [2.24, 2.45) is 0 Å². The largest absolute Gasteiger partial charge is 0.360 e. The van der Waals surface area contributed by atoms with Crippen LogP contribution >= 0.6 is 0 Å². The highest BCUT2D eigenvalue weighted by atomic mass is 16.1. The predicted octanol–water partition coefficient (Wildman–Crippen LogP) is 3.81. The molecule has 1 atom stereocenters. The highest BCUT2D eigenvalue weighted by Crippen LogP contribution is 2.27. The van der Waals surface area contributed by atoms with Gasteiger partial charge < -0.3 is 14.8 Å². The number of quaternary nitrogens is 1. The van der Waals surface area contributed by atoms with Gasteiger partial charge in [-0.3, -0.25) is 4.79 Å². The molecule has 1 aliphatic heterocycles. The summed E-state index contributed by atoms with van der Waals surface area (Å²) in [6.45, 7) is 5.77. The highest BCUT2D eigenvalue weighted by molar-refractivity contribution is 6.11. The number of piperazine rings is 1. The molecule has 0 aliphatic carbocycles. The topological polar surface area (TPSA) is 40.5 Å². The van der Waals surface area contributed by atoms with Crippen molar-refractivity contribution in [1.82, 2.24) is 4.98 Å². The Kier molecular flexibility index (Phi) is 5.31. The van der Waals surface area contributed by atoms with Gasteiger partial charge in [0.1, 0.15) is 0 Å². The third-order valence-electron chi connectivity index (χ3n) is 6.47. The number of rotatable bonds is 5. The van der Waals surface area contributed by atoms with Crippen LogP contribution in [0.5, 0.6) is 0 Å². The van der Waals surface area contributed by atoms with Crippen LogP contribution in [0.3, 0.4) is 0 Å². The van der Waals surface area contributed by atoms with Gasteiger partial charge in [-0.1, -0.05) is 66.7 Å². The number of aryl methyl sites for hydroxylation is 1. The lowest BCUT2D eigenvalue weighted by atomic mass is 9.93. The van der Waals surface area contributed by atoms with Gasteiger partial charge in [0.05, 0.1) is 31.7 Å². The molecule has 0 spiro atoms. The minimum Gasteiger partial charge on any atom is -0.360 e. The van der Waals surface area contributed by atoms with Crippen LogP contribution in [0.25, 0.3) is 10.9 Å². The number of carbonyl (C=O) groups is 1. The first kappa shape index (κ1) is 19.6. The van der Waals surface area contributed by atoms with E-state index < -0.39 is 0 Å². The summed E-state index contributed by atoms with van der Waals surface area (Å²) in [5.41, 5.74) is 5.17. The van der Waals surface area contributed by atoms with E-state index in [9.17, 15) is 4.79 Å². The molecule has 0 amide bonds. The van der Waals surface area contributed by atoms with E-state index in [1.54, 1.807) is 0 Å². The van der Waals surface area contributed by atoms with Gasteiger partial charge in [-0.2, -0.15) is 0 Å². The first-order chi connectivity index (χ1) is 15.2. The van der Waals surface area contributed by atoms with E-state index in [0.717, 1.165) is 53.9 Å². The quantitative estimate of drug-likeness (QED) is 0.491. The van der Waals surface area contributed by atoms with Gasteiger partial charge in [0.2, 0.25) is 5.78 Å². The first-order valence-corrected chi connectivity index (χ1v) is 11.0. The zero-order chi connectivity index (χ0) is 21.2. The monoisotopic (exact) mass is 410 g/mol. The van der Waals surface area contributed by atoms with Crippen LogP contribution in [0.1, 0.15) is 27.7 Å². The van der Waals surface area contributed by atoms with Crippen LogP contribution in [-0.4, -0.2) is 36.9 Å². The van der Waals surface area contributed by atoms with Crippen LogP contribution < -0.4 is 9.80 Å². The van der Waals surface area contributed by atoms with Crippen LogP contribution in [0.15, 0.2) is 84.9 Å². The number of carbonyl (C=O) groups excluding carboxylic acids is 1. The summed E-state index contributed by atoms with van der Waals surface area (Å²) in [5, 5.41) is 1.02. The molecule has 1 aliphatic rings. The summed E-state index contributed by atoms with van der Waals surface area (Å²) in [4.78, 5) is 21.2. The average molecular weight is 411 g/mol. The molecule has 4 heteroatoms. The molecule has 0 saturated carbocycles. The number of benzene rings is 3. The Bertz CT molecular complexity index is 1180. The maximum Gasteiger partial charge on any atom is 0.227 e. The summed E-state index contributed by atoms with van der Waals surface area (Å²) >= 11 is 0. The standard InChI is InChI=1S/C27H27N3O/c1-20-25(23-14-8-9-15-24(23)28-20)27(31)26(21-10-4-2-5-11-21)30-18-16-29(17-19-30)22-12-6-3-7-13-22/h2-15,26,28H,16-19H2,1H3/p+1/t26-/m0/s1. The molecule has 2 heterocycles. The third-order valence-corrected chi connectivity index (χ3v) is 6.47. The lowest BCUT2D eigenvalue weighted by molar-refractivity contribution is -0.921. The van der Waals surface area contributed by atoms with Crippen LogP contribution in [0.4, 0.5) is 5.69 Å². The number of ketones is 1. The summed E-state index contributed by atoms with van der Waals surface area (Å²) in [5.74, 6) is 0.212. The number of para-hydroxylation sites is 2. The molecule has 0 radical (unpaired) electrons. The molecule has 0 unspecified atom stereocenters. The van der Waals surface area contributed by atoms with Crippen molar-refractivity contribution in [3.8, 4) is 0 Å². The van der Waals surface area contributed by atoms with Crippen molar-refractivity contribution in [2.45, 2.75) is 13.0 Å². The maximum atomic E-state index is 14.0. The molecule has 1 saturated heterocycles. The van der Waals surface area contributed by atoms with E-state index in [1.165, 1.54) is 10.6 Å². The van der Waals surface area contributed by atoms with Crippen LogP contribution in [0.2, 0.25) is 0 Å². The Morgan fingerprint density at radius 2 is 1.48 bits per heavy atom. The van der Waals surface area contributed by atoms with E-state index in [2.05, 4.69) is 58.4 Å². The molecule has 0 bridgehead atoms. The summed E-state index contributed by atoms with van der Waals surface area (Å²) < 4.78 is 0. The van der Waals surface area contributed by atoms with Crippen molar-refractivity contribution in [3.63, 3.8) is 0 Å². The van der Waals surface area contributed by atoms with Gasteiger partial charge >= 0.3 is 0 Å². The molecule has 4 nitrogen and oxygen atoms in total. The fourth-order valence-electron chi connectivity index (χ4n) is 4.94. The molecule has 2 N–H and O–H groups in total. The number of hydrogen-bond acceptors (Lipinski definition) is 2. The number of aromatic nitrogens is 1. The third kappa shape index (κ3) is 3.75. The second-order valence-electron chi connectivity index (χ2n) is 8.36. The summed E-state index contributed by atoms with van der Waals surface area (Å²) in [6, 6.07) is 28.8. The van der Waals surface area contributed by atoms with Gasteiger partial charge in [0.25, 0.3) is 0 Å². The van der Waals surface area contributed by atoms with Crippen LogP contribution in [0, 0.1) is 6.92 Å². The van der Waals surface area contributed by atoms with Gasteiger partial charge in [-0.05, 0) is 25.1 Å². The van der Waals surface area contributed by atoms with Crippen molar-refractivity contribution in [3.05, 3.63) is 102 Å². The molecule has 1 fully saturated rings. The predicted molar refractivity (Wildman–Crippen MR) is 126 cm³/mol. The number of Topliss-reactive ketones (excluding diaryl/α,β-unsaturated/α-hetero) is 1. The Labute approximate surface area is 183 Å². The minimum absolute atomic E-state index is 0.197. The summed E-state index contributed by atoms with van der Waals surface area (Å²) in [6.07, 6.45) is 0. The Morgan fingerprint density at radius 1 is 0.871 bits per heavy atom. The number of anilines is 1. The lowest BCUT2D eigenvalue weighted by Crippen LogP contribution is -3.15. The Hall–Kier alpha value is -3.37.